The summed E-state index contributed by atoms with van der Waals surface area (Å²) in [6.45, 7) is 7.99. The maximum absolute atomic E-state index is 12.9. The zero-order chi connectivity index (χ0) is 61.9. The van der Waals surface area contributed by atoms with Crippen LogP contribution in [0.15, 0.2) is 158 Å². The lowest BCUT2D eigenvalue weighted by Gasteiger charge is -2.30. The quantitative estimate of drug-likeness (QED) is 0.0294. The molecule has 8 atom stereocenters. The first-order valence-electron chi connectivity index (χ1n) is 29.4. The molecule has 470 valence electrons. The number of phenols is 2. The minimum atomic E-state index is -0.921. The second kappa shape index (κ2) is 32.0. The maximum Gasteiger partial charge on any atom is 0.243 e. The summed E-state index contributed by atoms with van der Waals surface area (Å²) >= 11 is 0. The number of aliphatic hydroxyl groups excluding tert-OH is 1. The molecule has 22 nitrogen and oxygen atoms in total. The summed E-state index contributed by atoms with van der Waals surface area (Å²) in [5.74, 6) is 1.39. The molecule has 11 N–H and O–H groups in total. The van der Waals surface area contributed by atoms with Crippen LogP contribution in [0.25, 0.3) is 0 Å². The molecule has 6 aromatic carbocycles. The maximum atomic E-state index is 12.9. The van der Waals surface area contributed by atoms with Crippen LogP contribution in [0, 0.1) is 0 Å². The van der Waals surface area contributed by atoms with Crippen molar-refractivity contribution in [2.75, 3.05) is 39.6 Å². The van der Waals surface area contributed by atoms with Gasteiger partial charge in [-0.1, -0.05) is 85.8 Å². The van der Waals surface area contributed by atoms with Gasteiger partial charge in [0.15, 0.2) is 0 Å². The van der Waals surface area contributed by atoms with E-state index in [1.165, 1.54) is 0 Å². The molecule has 5 fully saturated rings. The minimum Gasteiger partial charge on any atom is -0.508 e. The predicted molar refractivity (Wildman–Crippen MR) is 327 cm³/mol. The van der Waals surface area contributed by atoms with Crippen molar-refractivity contribution in [3.63, 3.8) is 0 Å². The van der Waals surface area contributed by atoms with Crippen molar-refractivity contribution in [3.8, 4) is 34.5 Å². The van der Waals surface area contributed by atoms with E-state index in [1.54, 1.807) is 72.8 Å². The number of carbonyl (C=O) groups excluding carboxylic acids is 6. The van der Waals surface area contributed by atoms with Crippen LogP contribution < -0.4 is 50.8 Å². The van der Waals surface area contributed by atoms with Crippen LogP contribution in [0.2, 0.25) is 0 Å². The highest BCUT2D eigenvalue weighted by Crippen LogP contribution is 2.23. The number of piperazine rings is 3. The van der Waals surface area contributed by atoms with E-state index in [9.17, 15) is 44.1 Å². The number of aliphatic hydroxyl groups is 1. The number of epoxide rings is 2. The number of nitrogens with one attached hydrogen (secondary N) is 6. The summed E-state index contributed by atoms with van der Waals surface area (Å²) in [5, 5.41) is 46.0. The van der Waals surface area contributed by atoms with Gasteiger partial charge < -0.3 is 81.1 Å². The van der Waals surface area contributed by atoms with Crippen LogP contribution in [-0.4, -0.2) is 150 Å². The van der Waals surface area contributed by atoms with Gasteiger partial charge in [0.1, 0.15) is 115 Å². The molecule has 8 unspecified atom stereocenters. The lowest BCUT2D eigenvalue weighted by Crippen LogP contribution is -2.62. The molecule has 0 aliphatic carbocycles. The highest BCUT2D eigenvalue weighted by Gasteiger charge is 2.36. The number of carbonyl (C=O) groups is 6. The average molecular weight is 1220 g/mol. The van der Waals surface area contributed by atoms with Crippen LogP contribution in [-0.2, 0) is 76.8 Å². The fourth-order valence-electron chi connectivity index (χ4n) is 9.59. The van der Waals surface area contributed by atoms with E-state index in [-0.39, 0.29) is 77.8 Å². The Morgan fingerprint density at radius 1 is 0.416 bits per heavy atom. The second-order valence-electron chi connectivity index (χ2n) is 22.0. The van der Waals surface area contributed by atoms with Gasteiger partial charge in [-0.2, -0.15) is 0 Å². The predicted octanol–water partition coefficient (Wildman–Crippen LogP) is 3.22. The van der Waals surface area contributed by atoms with Gasteiger partial charge in [-0.3, -0.25) is 28.8 Å². The van der Waals surface area contributed by atoms with Gasteiger partial charge in [0.2, 0.25) is 35.4 Å². The molecule has 0 radical (unpaired) electrons. The van der Waals surface area contributed by atoms with Crippen molar-refractivity contribution in [1.29, 1.82) is 0 Å². The van der Waals surface area contributed by atoms with Gasteiger partial charge in [0.05, 0.1) is 13.2 Å². The molecular formula is C67H76N6O16. The molecule has 6 amide bonds. The Labute approximate surface area is 515 Å². The molecular weight excluding hydrogens is 1140 g/mol. The van der Waals surface area contributed by atoms with E-state index in [4.69, 9.17) is 28.4 Å². The van der Waals surface area contributed by atoms with E-state index in [0.717, 1.165) is 64.5 Å². The number of hydrogen-bond acceptors (Lipinski definition) is 15. The number of allylic oxidation sites excluding steroid dienone is 1. The minimum absolute atomic E-state index is 0. The third-order valence-corrected chi connectivity index (χ3v) is 14.9. The van der Waals surface area contributed by atoms with Crippen LogP contribution in [0.4, 0.5) is 0 Å². The number of hydrogen-bond donors (Lipinski definition) is 9. The monoisotopic (exact) mass is 1220 g/mol. The van der Waals surface area contributed by atoms with Crippen molar-refractivity contribution < 1.29 is 78.0 Å². The van der Waals surface area contributed by atoms with E-state index in [0.29, 0.717) is 63.2 Å². The highest BCUT2D eigenvalue weighted by molar-refractivity contribution is 5.98. The molecule has 5 saturated heterocycles. The summed E-state index contributed by atoms with van der Waals surface area (Å²) in [4.78, 5) is 76.1. The van der Waals surface area contributed by atoms with Crippen molar-refractivity contribution in [1.82, 2.24) is 31.9 Å². The zero-order valence-electron chi connectivity index (χ0n) is 49.3. The molecule has 5 aliphatic heterocycles. The summed E-state index contributed by atoms with van der Waals surface area (Å²) < 4.78 is 33.2. The molecule has 22 heteroatoms. The molecule has 0 aromatic heterocycles. The Balaban J connectivity index is 0.000000293. The number of phenolic OH excluding ortho intramolecular Hbond substituents is 2. The Kier molecular flexibility index (Phi) is 23.5. The lowest BCUT2D eigenvalue weighted by atomic mass is 9.98. The van der Waals surface area contributed by atoms with Gasteiger partial charge >= 0.3 is 0 Å². The smallest absolute Gasteiger partial charge is 0.243 e. The second-order valence-corrected chi connectivity index (χ2v) is 22.0. The first-order chi connectivity index (χ1) is 42.6. The molecule has 11 rings (SSSR count). The first-order valence-corrected chi connectivity index (χ1v) is 29.4. The van der Waals surface area contributed by atoms with Crippen molar-refractivity contribution in [2.45, 2.75) is 106 Å². The molecule has 0 bridgehead atoms. The molecule has 0 spiro atoms. The van der Waals surface area contributed by atoms with Crippen LogP contribution >= 0.6 is 0 Å². The van der Waals surface area contributed by atoms with Crippen molar-refractivity contribution >= 4 is 35.4 Å². The summed E-state index contributed by atoms with van der Waals surface area (Å²) in [5.41, 5.74) is 5.18. The fraction of sp³-hybridized carbons (Fsp3) is 0.343. The average Bonchev–Trinajstić information content (AvgIpc) is 3.20. The molecule has 5 aliphatic rings. The molecule has 5 heterocycles. The third kappa shape index (κ3) is 20.6. The summed E-state index contributed by atoms with van der Waals surface area (Å²) in [6.07, 6.45) is 4.45. The van der Waals surface area contributed by atoms with Crippen LogP contribution in [0.5, 0.6) is 34.5 Å². The standard InChI is InChI=1S/C45H48N4O11.C18H18N2O4.C4H8.H2O/c50-31(21-55-32-9-1-27(2-10-32)17-38-42(51)48-40(44(53)46-38)19-29-5-13-34(14-6-29)57-23-36-25-59-36)22-56-33-11-3-28(4-12-33)18-39-43(52)49-41(45(54)47-39)20-30-7-15-35(16-8-30)58-24-37-26-60-37;21-13-5-1-11(2-6-13)9-15-17(23)20-16(18(24)19-15)10-12-3-7-14(22)8-4-12;1-3-4-2;/h1-16,31,36-41,50H,17-26H2,(H,46,53)(H,47,54)(H,48,51)(H,49,52);1-8,15-16,21-22H,9-10H2,(H,19,24)(H,20,23);3H,1,4H2,2H3;1H2. The normalized spacial score (nSPS) is 21.7. The van der Waals surface area contributed by atoms with Gasteiger partial charge in [0.25, 0.3) is 0 Å². The van der Waals surface area contributed by atoms with E-state index in [1.807, 2.05) is 78.9 Å². The summed E-state index contributed by atoms with van der Waals surface area (Å²) in [6, 6.07) is 38.2. The van der Waals surface area contributed by atoms with Gasteiger partial charge in [-0.05, 0) is 113 Å². The van der Waals surface area contributed by atoms with Gasteiger partial charge in [-0.25, -0.2) is 0 Å². The van der Waals surface area contributed by atoms with Crippen molar-refractivity contribution in [2.24, 2.45) is 0 Å². The Morgan fingerprint density at radius 2 is 0.618 bits per heavy atom. The van der Waals surface area contributed by atoms with Gasteiger partial charge in [0, 0.05) is 38.5 Å². The van der Waals surface area contributed by atoms with E-state index >= 15 is 0 Å². The molecule has 6 aromatic rings. The SMILES string of the molecule is C=CCC.O.O=C1NC(Cc2ccc(O)cc2)C(=O)NC1Cc1ccc(O)cc1.O=C1NC(Cc2ccc(OCC3CO3)cc2)C(=O)NC1Cc1ccc(OCC(O)COc2ccc(CC3NC(=O)C(Cc4ccc(OCC5CO5)cc4)NC3=O)cc2)cc1. The third-order valence-electron chi connectivity index (χ3n) is 14.9. The highest BCUT2D eigenvalue weighted by atomic mass is 16.6. The van der Waals surface area contributed by atoms with E-state index in [2.05, 4.69) is 45.4 Å². The topological polar surface area (TPSA) is 329 Å². The molecule has 0 saturated carbocycles. The van der Waals surface area contributed by atoms with Crippen LogP contribution in [0.1, 0.15) is 46.7 Å². The van der Waals surface area contributed by atoms with Crippen molar-refractivity contribution in [3.05, 3.63) is 192 Å². The van der Waals surface area contributed by atoms with Crippen LogP contribution in [0.3, 0.4) is 0 Å². The Morgan fingerprint density at radius 3 is 0.820 bits per heavy atom. The lowest BCUT2D eigenvalue weighted by molar-refractivity contribution is -0.136. The number of ether oxygens (including phenoxy) is 6. The first kappa shape index (κ1) is 65.5. The number of benzene rings is 6. The van der Waals surface area contributed by atoms with Gasteiger partial charge in [-0.15, -0.1) is 6.58 Å². The largest absolute Gasteiger partial charge is 0.508 e. The number of aromatic hydroxyl groups is 2. The fourth-order valence-corrected chi connectivity index (χ4v) is 9.59. The number of amides is 6. The molecule has 89 heavy (non-hydrogen) atoms. The summed E-state index contributed by atoms with van der Waals surface area (Å²) in [7, 11) is 0. The number of rotatable bonds is 25. The Bertz CT molecular complexity index is 3090. The zero-order valence-corrected chi connectivity index (χ0v) is 49.3. The van der Waals surface area contributed by atoms with E-state index < -0.39 is 42.4 Å². The Hall–Kier alpha value is -9.48.